The Balaban J connectivity index is 2.75. The van der Waals surface area contributed by atoms with E-state index in [9.17, 15) is 4.79 Å². The number of hydrogen-bond acceptors (Lipinski definition) is 2. The first-order valence-corrected chi connectivity index (χ1v) is 7.26. The molecule has 0 heterocycles. The van der Waals surface area contributed by atoms with Crippen LogP contribution in [0.1, 0.15) is 51.0 Å². The molecule has 0 aliphatic carbocycles. The third-order valence-corrected chi connectivity index (χ3v) is 3.93. The second-order valence-corrected chi connectivity index (χ2v) is 5.28. The van der Waals surface area contributed by atoms with Crippen molar-refractivity contribution in [2.24, 2.45) is 0 Å². The van der Waals surface area contributed by atoms with Crippen molar-refractivity contribution in [3.05, 3.63) is 28.2 Å². The number of ketones is 1. The topological polar surface area (TPSA) is 26.3 Å². The summed E-state index contributed by atoms with van der Waals surface area (Å²) in [5.74, 6) is 1.64. The molecular formula is C15H21BrO2. The SMILES string of the molecule is CCC(=O)CCC(CC)c1ccc(OC)c(Br)c1. The number of carbonyl (C=O) groups is 1. The fourth-order valence-corrected chi connectivity index (χ4v) is 2.61. The van der Waals surface area contributed by atoms with E-state index in [0.29, 0.717) is 24.5 Å². The summed E-state index contributed by atoms with van der Waals surface area (Å²) >= 11 is 3.51. The fraction of sp³-hybridized carbons (Fsp3) is 0.533. The van der Waals surface area contributed by atoms with Crippen molar-refractivity contribution in [2.45, 2.75) is 45.4 Å². The number of carbonyl (C=O) groups excluding carboxylic acids is 1. The van der Waals surface area contributed by atoms with Crippen LogP contribution in [0.5, 0.6) is 5.75 Å². The van der Waals surface area contributed by atoms with Crippen LogP contribution in [0.4, 0.5) is 0 Å². The van der Waals surface area contributed by atoms with Gasteiger partial charge in [0.2, 0.25) is 0 Å². The Morgan fingerprint density at radius 2 is 2.11 bits per heavy atom. The molecule has 1 rings (SSSR count). The molecule has 18 heavy (non-hydrogen) atoms. The molecule has 1 aromatic rings. The van der Waals surface area contributed by atoms with Gasteiger partial charge in [0.05, 0.1) is 11.6 Å². The van der Waals surface area contributed by atoms with Crippen LogP contribution in [0.2, 0.25) is 0 Å². The van der Waals surface area contributed by atoms with Crippen molar-refractivity contribution >= 4 is 21.7 Å². The molecule has 0 aliphatic rings. The quantitative estimate of drug-likeness (QED) is 0.728. The molecule has 3 heteroatoms. The van der Waals surface area contributed by atoms with E-state index in [1.54, 1.807) is 7.11 Å². The lowest BCUT2D eigenvalue weighted by Gasteiger charge is -2.16. The molecule has 0 bridgehead atoms. The number of rotatable bonds is 7. The van der Waals surface area contributed by atoms with E-state index in [1.807, 2.05) is 13.0 Å². The summed E-state index contributed by atoms with van der Waals surface area (Å²) in [4.78, 5) is 11.4. The summed E-state index contributed by atoms with van der Waals surface area (Å²) in [5.41, 5.74) is 1.27. The minimum absolute atomic E-state index is 0.348. The van der Waals surface area contributed by atoms with Gasteiger partial charge in [0, 0.05) is 12.8 Å². The van der Waals surface area contributed by atoms with Crippen molar-refractivity contribution in [3.8, 4) is 5.75 Å². The highest BCUT2D eigenvalue weighted by molar-refractivity contribution is 9.10. The highest BCUT2D eigenvalue weighted by Crippen LogP contribution is 2.32. The van der Waals surface area contributed by atoms with Crippen LogP contribution in [-0.2, 0) is 4.79 Å². The van der Waals surface area contributed by atoms with Gasteiger partial charge in [-0.25, -0.2) is 0 Å². The summed E-state index contributed by atoms with van der Waals surface area (Å²) < 4.78 is 6.20. The number of Topliss-reactive ketones (excluding diaryl/α,β-unsaturated/α-hetero) is 1. The van der Waals surface area contributed by atoms with E-state index in [1.165, 1.54) is 5.56 Å². The highest BCUT2D eigenvalue weighted by atomic mass is 79.9. The van der Waals surface area contributed by atoms with Gasteiger partial charge in [-0.05, 0) is 52.4 Å². The van der Waals surface area contributed by atoms with Crippen LogP contribution in [0.15, 0.2) is 22.7 Å². The van der Waals surface area contributed by atoms with Gasteiger partial charge in [0.25, 0.3) is 0 Å². The first-order valence-electron chi connectivity index (χ1n) is 6.47. The number of benzene rings is 1. The Morgan fingerprint density at radius 3 is 2.61 bits per heavy atom. The standard InChI is InChI=1S/C15H21BrO2/c1-4-11(6-8-13(17)5-2)12-7-9-15(18-3)14(16)10-12/h7,9-11H,4-6,8H2,1-3H3. The summed E-state index contributed by atoms with van der Waals surface area (Å²) in [6, 6.07) is 6.17. The molecule has 0 saturated heterocycles. The Morgan fingerprint density at radius 1 is 1.39 bits per heavy atom. The van der Waals surface area contributed by atoms with Crippen molar-refractivity contribution < 1.29 is 9.53 Å². The van der Waals surface area contributed by atoms with E-state index in [-0.39, 0.29) is 0 Å². The number of hydrogen-bond donors (Lipinski definition) is 0. The van der Waals surface area contributed by atoms with Crippen LogP contribution >= 0.6 is 15.9 Å². The van der Waals surface area contributed by atoms with Crippen LogP contribution < -0.4 is 4.74 Å². The van der Waals surface area contributed by atoms with E-state index >= 15 is 0 Å². The van der Waals surface area contributed by atoms with Gasteiger partial charge in [0.15, 0.2) is 0 Å². The highest BCUT2D eigenvalue weighted by Gasteiger charge is 2.13. The molecule has 1 unspecified atom stereocenters. The fourth-order valence-electron chi connectivity index (χ4n) is 2.06. The Hall–Kier alpha value is -0.830. The second-order valence-electron chi connectivity index (χ2n) is 4.43. The number of methoxy groups -OCH3 is 1. The lowest BCUT2D eigenvalue weighted by atomic mass is 9.91. The Labute approximate surface area is 118 Å². The maximum Gasteiger partial charge on any atom is 0.133 e. The molecule has 0 N–H and O–H groups in total. The average molecular weight is 313 g/mol. The molecule has 0 amide bonds. The molecule has 0 spiro atoms. The largest absolute Gasteiger partial charge is 0.496 e. The van der Waals surface area contributed by atoms with E-state index in [4.69, 9.17) is 4.74 Å². The van der Waals surface area contributed by atoms with Crippen molar-refractivity contribution in [3.63, 3.8) is 0 Å². The average Bonchev–Trinajstić information content (AvgIpc) is 2.39. The molecule has 100 valence electrons. The normalized spacial score (nSPS) is 12.2. The first-order chi connectivity index (χ1) is 8.62. The predicted octanol–water partition coefficient (Wildman–Crippen LogP) is 4.71. The molecule has 1 aromatic carbocycles. The third kappa shape index (κ3) is 4.13. The first kappa shape index (κ1) is 15.2. The third-order valence-electron chi connectivity index (χ3n) is 3.31. The molecule has 0 saturated carbocycles. The summed E-state index contributed by atoms with van der Waals surface area (Å²) in [7, 11) is 1.66. The maximum absolute atomic E-state index is 11.4. The minimum atomic E-state index is 0.348. The summed E-state index contributed by atoms with van der Waals surface area (Å²) in [5, 5.41) is 0. The number of halogens is 1. The van der Waals surface area contributed by atoms with Crippen molar-refractivity contribution in [2.75, 3.05) is 7.11 Å². The second kappa shape index (κ2) is 7.57. The molecule has 2 nitrogen and oxygen atoms in total. The lowest BCUT2D eigenvalue weighted by molar-refractivity contribution is -0.118. The zero-order valence-electron chi connectivity index (χ0n) is 11.3. The van der Waals surface area contributed by atoms with Crippen LogP contribution in [0, 0.1) is 0 Å². The van der Waals surface area contributed by atoms with Crippen LogP contribution in [0.3, 0.4) is 0 Å². The number of ether oxygens (including phenoxy) is 1. The van der Waals surface area contributed by atoms with Gasteiger partial charge >= 0.3 is 0 Å². The smallest absolute Gasteiger partial charge is 0.133 e. The molecule has 0 fully saturated rings. The van der Waals surface area contributed by atoms with Gasteiger partial charge in [0.1, 0.15) is 11.5 Å². The summed E-state index contributed by atoms with van der Waals surface area (Å²) in [6.07, 6.45) is 3.30. The van der Waals surface area contributed by atoms with E-state index in [0.717, 1.165) is 23.1 Å². The van der Waals surface area contributed by atoms with E-state index in [2.05, 4.69) is 35.0 Å². The van der Waals surface area contributed by atoms with E-state index < -0.39 is 0 Å². The predicted molar refractivity (Wildman–Crippen MR) is 78.3 cm³/mol. The zero-order valence-corrected chi connectivity index (χ0v) is 12.9. The monoisotopic (exact) mass is 312 g/mol. The summed E-state index contributed by atoms with van der Waals surface area (Å²) in [6.45, 7) is 4.09. The zero-order chi connectivity index (χ0) is 13.5. The molecule has 1 atom stereocenters. The van der Waals surface area contributed by atoms with Crippen molar-refractivity contribution in [1.82, 2.24) is 0 Å². The minimum Gasteiger partial charge on any atom is -0.496 e. The van der Waals surface area contributed by atoms with Gasteiger partial charge in [-0.3, -0.25) is 4.79 Å². The molecule has 0 aliphatic heterocycles. The lowest BCUT2D eigenvalue weighted by Crippen LogP contribution is -2.03. The maximum atomic E-state index is 11.4. The Kier molecular flexibility index (Phi) is 6.41. The Bertz CT molecular complexity index is 401. The van der Waals surface area contributed by atoms with Crippen molar-refractivity contribution in [1.29, 1.82) is 0 Å². The van der Waals surface area contributed by atoms with Gasteiger partial charge in [-0.2, -0.15) is 0 Å². The molecular weight excluding hydrogens is 292 g/mol. The molecule has 0 aromatic heterocycles. The van der Waals surface area contributed by atoms with Gasteiger partial charge < -0.3 is 4.74 Å². The van der Waals surface area contributed by atoms with Gasteiger partial charge in [-0.15, -0.1) is 0 Å². The van der Waals surface area contributed by atoms with Crippen LogP contribution in [0.25, 0.3) is 0 Å². The van der Waals surface area contributed by atoms with Crippen LogP contribution in [-0.4, -0.2) is 12.9 Å². The van der Waals surface area contributed by atoms with Gasteiger partial charge in [-0.1, -0.05) is 19.9 Å². The molecule has 0 radical (unpaired) electrons.